The van der Waals surface area contributed by atoms with Crippen molar-refractivity contribution in [1.82, 2.24) is 0 Å². The molecule has 0 saturated carbocycles. The first kappa shape index (κ1) is 14.0. The van der Waals surface area contributed by atoms with Gasteiger partial charge in [0.25, 0.3) is 0 Å². The van der Waals surface area contributed by atoms with Gasteiger partial charge in [0, 0.05) is 16.2 Å². The average molecular weight is 337 g/mol. The van der Waals surface area contributed by atoms with Crippen LogP contribution in [0.1, 0.15) is 5.76 Å². The lowest BCUT2D eigenvalue weighted by Gasteiger charge is -2.01. The number of hydrogen-bond donors (Lipinski definition) is 1. The summed E-state index contributed by atoms with van der Waals surface area (Å²) in [6.45, 7) is 0. The number of nitro groups is 1. The Morgan fingerprint density at radius 2 is 1.95 bits per heavy atom. The SMILES string of the molecule is O=C(/C=C/c1ccc([N+](=O)[O-])o1)Nc1ccc(Br)cc1. The molecule has 2 aromatic rings. The number of furan rings is 1. The number of anilines is 1. The molecule has 1 amide bonds. The minimum atomic E-state index is -0.640. The molecule has 1 aromatic heterocycles. The lowest BCUT2D eigenvalue weighted by atomic mass is 10.3. The smallest absolute Gasteiger partial charge is 0.401 e. The van der Waals surface area contributed by atoms with Gasteiger partial charge in [0.2, 0.25) is 5.91 Å². The van der Waals surface area contributed by atoms with Crippen LogP contribution >= 0.6 is 15.9 Å². The van der Waals surface area contributed by atoms with Crippen molar-refractivity contribution in [3.63, 3.8) is 0 Å². The van der Waals surface area contributed by atoms with E-state index in [4.69, 9.17) is 4.42 Å². The highest BCUT2D eigenvalue weighted by atomic mass is 79.9. The Balaban J connectivity index is 1.98. The largest absolute Gasteiger partial charge is 0.433 e. The van der Waals surface area contributed by atoms with Crippen molar-refractivity contribution in [2.45, 2.75) is 0 Å². The maximum absolute atomic E-state index is 11.6. The standard InChI is InChI=1S/C13H9BrN2O4/c14-9-1-3-10(4-2-9)15-12(17)7-5-11-6-8-13(20-11)16(18)19/h1-8H,(H,15,17)/b7-5+. The highest BCUT2D eigenvalue weighted by Crippen LogP contribution is 2.17. The predicted octanol–water partition coefficient (Wildman–Crippen LogP) is 3.60. The van der Waals surface area contributed by atoms with E-state index in [1.165, 1.54) is 24.3 Å². The van der Waals surface area contributed by atoms with Crippen molar-refractivity contribution < 1.29 is 14.1 Å². The number of nitrogens with zero attached hydrogens (tertiary/aromatic N) is 1. The third-order valence-electron chi connectivity index (χ3n) is 2.30. The maximum Gasteiger partial charge on any atom is 0.433 e. The molecule has 0 bridgehead atoms. The van der Waals surface area contributed by atoms with Crippen molar-refractivity contribution in [2.75, 3.05) is 5.32 Å². The molecule has 0 aliphatic carbocycles. The van der Waals surface area contributed by atoms with E-state index in [0.29, 0.717) is 5.69 Å². The molecule has 0 aliphatic rings. The van der Waals surface area contributed by atoms with Crippen LogP contribution in [0.5, 0.6) is 0 Å². The van der Waals surface area contributed by atoms with Gasteiger partial charge in [0.05, 0.1) is 6.07 Å². The molecule has 0 unspecified atom stereocenters. The quantitative estimate of drug-likeness (QED) is 0.525. The second-order valence-electron chi connectivity index (χ2n) is 3.76. The van der Waals surface area contributed by atoms with E-state index < -0.39 is 4.92 Å². The van der Waals surface area contributed by atoms with Gasteiger partial charge >= 0.3 is 5.88 Å². The zero-order valence-electron chi connectivity index (χ0n) is 10.1. The molecule has 7 heteroatoms. The van der Waals surface area contributed by atoms with Gasteiger partial charge in [-0.3, -0.25) is 14.9 Å². The second-order valence-corrected chi connectivity index (χ2v) is 4.68. The van der Waals surface area contributed by atoms with Gasteiger partial charge in [0.15, 0.2) is 0 Å². The topological polar surface area (TPSA) is 85.4 Å². The van der Waals surface area contributed by atoms with Crippen LogP contribution in [0, 0.1) is 10.1 Å². The van der Waals surface area contributed by atoms with Gasteiger partial charge in [0.1, 0.15) is 10.7 Å². The Morgan fingerprint density at radius 3 is 2.55 bits per heavy atom. The third kappa shape index (κ3) is 3.79. The number of benzene rings is 1. The van der Waals surface area contributed by atoms with Crippen LogP contribution in [0.15, 0.2) is 51.4 Å². The number of carbonyl (C=O) groups is 1. The number of rotatable bonds is 4. The van der Waals surface area contributed by atoms with E-state index >= 15 is 0 Å². The van der Waals surface area contributed by atoms with Crippen molar-refractivity contribution in [1.29, 1.82) is 0 Å². The molecule has 1 heterocycles. The predicted molar refractivity (Wildman–Crippen MR) is 77.2 cm³/mol. The highest BCUT2D eigenvalue weighted by Gasteiger charge is 2.10. The van der Waals surface area contributed by atoms with Crippen molar-refractivity contribution in [3.8, 4) is 0 Å². The van der Waals surface area contributed by atoms with Crippen LogP contribution in [0.4, 0.5) is 11.6 Å². The van der Waals surface area contributed by atoms with Gasteiger partial charge in [-0.2, -0.15) is 0 Å². The molecule has 1 N–H and O–H groups in total. The summed E-state index contributed by atoms with van der Waals surface area (Å²) in [7, 11) is 0. The first-order valence-corrected chi connectivity index (χ1v) is 6.33. The summed E-state index contributed by atoms with van der Waals surface area (Å²) < 4.78 is 5.80. The third-order valence-corrected chi connectivity index (χ3v) is 2.83. The molecule has 0 spiro atoms. The van der Waals surface area contributed by atoms with E-state index in [1.54, 1.807) is 24.3 Å². The van der Waals surface area contributed by atoms with Crippen LogP contribution in [-0.4, -0.2) is 10.8 Å². The molecule has 6 nitrogen and oxygen atoms in total. The van der Waals surface area contributed by atoms with Crippen LogP contribution < -0.4 is 5.32 Å². The van der Waals surface area contributed by atoms with E-state index in [0.717, 1.165) is 4.47 Å². The van der Waals surface area contributed by atoms with Crippen molar-refractivity contribution in [2.24, 2.45) is 0 Å². The normalized spacial score (nSPS) is 10.7. The van der Waals surface area contributed by atoms with Gasteiger partial charge in [-0.25, -0.2) is 0 Å². The zero-order chi connectivity index (χ0) is 14.5. The molecule has 2 rings (SSSR count). The fourth-order valence-corrected chi connectivity index (χ4v) is 1.67. The molecule has 0 aliphatic heterocycles. The second kappa shape index (κ2) is 6.16. The van der Waals surface area contributed by atoms with Gasteiger partial charge in [-0.15, -0.1) is 0 Å². The Morgan fingerprint density at radius 1 is 1.25 bits per heavy atom. The Labute approximate surface area is 122 Å². The van der Waals surface area contributed by atoms with Crippen LogP contribution in [0.3, 0.4) is 0 Å². The van der Waals surface area contributed by atoms with E-state index in [9.17, 15) is 14.9 Å². The van der Waals surface area contributed by atoms with Crippen LogP contribution in [0.25, 0.3) is 6.08 Å². The summed E-state index contributed by atoms with van der Waals surface area (Å²) in [6.07, 6.45) is 2.60. The number of halogens is 1. The summed E-state index contributed by atoms with van der Waals surface area (Å²) in [6, 6.07) is 9.74. The number of carbonyl (C=O) groups excluding carboxylic acids is 1. The van der Waals surface area contributed by atoms with Gasteiger partial charge < -0.3 is 9.73 Å². The Hall–Kier alpha value is -2.41. The molecular weight excluding hydrogens is 328 g/mol. The minimum Gasteiger partial charge on any atom is -0.401 e. The summed E-state index contributed by atoms with van der Waals surface area (Å²) in [5.41, 5.74) is 0.647. The Bertz CT molecular complexity index is 661. The highest BCUT2D eigenvalue weighted by molar-refractivity contribution is 9.10. The number of nitrogens with one attached hydrogen (secondary N) is 1. The van der Waals surface area contributed by atoms with Crippen LogP contribution in [0.2, 0.25) is 0 Å². The summed E-state index contributed by atoms with van der Waals surface area (Å²) >= 11 is 3.29. The van der Waals surface area contributed by atoms with E-state index in [1.807, 2.05) is 0 Å². The summed E-state index contributed by atoms with van der Waals surface area (Å²) in [4.78, 5) is 21.4. The molecule has 0 fully saturated rings. The molecule has 1 aromatic carbocycles. The minimum absolute atomic E-state index is 0.239. The zero-order valence-corrected chi connectivity index (χ0v) is 11.7. The Kier molecular flexibility index (Phi) is 4.31. The monoisotopic (exact) mass is 336 g/mol. The first-order valence-electron chi connectivity index (χ1n) is 5.53. The fraction of sp³-hybridized carbons (Fsp3) is 0. The van der Waals surface area contributed by atoms with Crippen LogP contribution in [-0.2, 0) is 4.79 Å². The molecular formula is C13H9BrN2O4. The summed E-state index contributed by atoms with van der Waals surface area (Å²) in [5.74, 6) is -0.480. The number of amides is 1. The maximum atomic E-state index is 11.6. The molecule has 0 atom stereocenters. The van der Waals surface area contributed by atoms with E-state index in [2.05, 4.69) is 21.2 Å². The first-order chi connectivity index (χ1) is 9.54. The van der Waals surface area contributed by atoms with Gasteiger partial charge in [-0.05, 0) is 36.4 Å². The lowest BCUT2D eigenvalue weighted by Crippen LogP contribution is -2.07. The average Bonchev–Trinajstić information content (AvgIpc) is 2.88. The number of hydrogen-bond acceptors (Lipinski definition) is 4. The molecule has 20 heavy (non-hydrogen) atoms. The molecule has 0 saturated heterocycles. The lowest BCUT2D eigenvalue weighted by molar-refractivity contribution is -0.402. The van der Waals surface area contributed by atoms with Gasteiger partial charge in [-0.1, -0.05) is 15.9 Å². The van der Waals surface area contributed by atoms with E-state index in [-0.39, 0.29) is 17.6 Å². The molecule has 0 radical (unpaired) electrons. The molecule has 102 valence electrons. The summed E-state index contributed by atoms with van der Waals surface area (Å²) in [5, 5.41) is 13.1. The van der Waals surface area contributed by atoms with Crippen molar-refractivity contribution >= 4 is 39.5 Å². The van der Waals surface area contributed by atoms with Crippen molar-refractivity contribution in [3.05, 3.63) is 62.8 Å². The fourth-order valence-electron chi connectivity index (χ4n) is 1.40.